The lowest BCUT2D eigenvalue weighted by atomic mass is 10.2. The summed E-state index contributed by atoms with van der Waals surface area (Å²) in [4.78, 5) is 7.10. The molecule has 10 heteroatoms. The average molecular weight is 358 g/mol. The smallest absolute Gasteiger partial charge is 0.389 e. The summed E-state index contributed by atoms with van der Waals surface area (Å²) < 4.78 is 54.4. The number of ether oxygens (including phenoxy) is 1. The fourth-order valence-electron chi connectivity index (χ4n) is 1.43. The van der Waals surface area contributed by atoms with Gasteiger partial charge in [0, 0.05) is 24.5 Å². The van der Waals surface area contributed by atoms with Crippen molar-refractivity contribution in [3.8, 4) is 6.01 Å². The number of rotatable bonds is 5. The van der Waals surface area contributed by atoms with Crippen LogP contribution in [0.2, 0.25) is 5.02 Å². The summed E-state index contributed by atoms with van der Waals surface area (Å²) in [6, 6.07) is 1.74. The summed E-state index contributed by atoms with van der Waals surface area (Å²) in [5, 5.41) is 2.05. The second-order valence-corrected chi connectivity index (χ2v) is 4.21. The number of hydrogen-bond donors (Lipinski definition) is 1. The van der Waals surface area contributed by atoms with Crippen LogP contribution in [0.1, 0.15) is 5.56 Å². The zero-order chi connectivity index (χ0) is 15.4. The van der Waals surface area contributed by atoms with Crippen LogP contribution < -0.4 is 10.1 Å². The first-order valence-corrected chi connectivity index (χ1v) is 5.98. The van der Waals surface area contributed by atoms with Gasteiger partial charge in [-0.2, -0.15) is 8.78 Å². The summed E-state index contributed by atoms with van der Waals surface area (Å²) in [5.74, 6) is -1.79. The normalized spacial score (nSPS) is 10.3. The van der Waals surface area contributed by atoms with Crippen molar-refractivity contribution < 1.29 is 22.3 Å². The van der Waals surface area contributed by atoms with E-state index in [1.165, 1.54) is 18.5 Å². The highest BCUT2D eigenvalue weighted by atomic mass is 35.5. The van der Waals surface area contributed by atoms with Crippen molar-refractivity contribution in [2.75, 3.05) is 5.32 Å². The molecule has 0 amide bonds. The molecule has 1 N–H and O–H groups in total. The molecular formula is C12H9Cl2F4N3O. The molecule has 0 unspecified atom stereocenters. The number of hydrogen-bond acceptors (Lipinski definition) is 4. The highest BCUT2D eigenvalue weighted by molar-refractivity contribution is 6.31. The van der Waals surface area contributed by atoms with Gasteiger partial charge in [-0.05, 0) is 12.1 Å². The Morgan fingerprint density at radius 3 is 2.41 bits per heavy atom. The second kappa shape index (κ2) is 8.00. The minimum Gasteiger partial charge on any atom is -0.401 e. The molecule has 0 atom stereocenters. The second-order valence-electron chi connectivity index (χ2n) is 3.83. The van der Waals surface area contributed by atoms with Gasteiger partial charge in [0.25, 0.3) is 0 Å². The Kier molecular flexibility index (Phi) is 6.63. The number of alkyl halides is 2. The molecule has 1 aromatic carbocycles. The van der Waals surface area contributed by atoms with E-state index in [4.69, 9.17) is 11.6 Å². The molecule has 1 aromatic heterocycles. The molecule has 120 valence electrons. The third kappa shape index (κ3) is 4.60. The molecule has 0 aliphatic heterocycles. The van der Waals surface area contributed by atoms with Gasteiger partial charge in [-0.15, -0.1) is 12.4 Å². The van der Waals surface area contributed by atoms with Crippen molar-refractivity contribution >= 4 is 29.7 Å². The molecule has 1 heterocycles. The molecule has 0 saturated carbocycles. The molecule has 0 radical (unpaired) electrons. The van der Waals surface area contributed by atoms with Crippen LogP contribution in [0.5, 0.6) is 6.01 Å². The van der Waals surface area contributed by atoms with Gasteiger partial charge < -0.3 is 10.1 Å². The fourth-order valence-corrected chi connectivity index (χ4v) is 1.60. The molecule has 4 nitrogen and oxygen atoms in total. The summed E-state index contributed by atoms with van der Waals surface area (Å²) in [5.41, 5.74) is 0.478. The third-order valence-electron chi connectivity index (χ3n) is 2.39. The van der Waals surface area contributed by atoms with E-state index < -0.39 is 29.3 Å². The molecule has 0 aliphatic rings. The first-order valence-electron chi connectivity index (χ1n) is 5.60. The van der Waals surface area contributed by atoms with Gasteiger partial charge in [0.1, 0.15) is 10.8 Å². The van der Waals surface area contributed by atoms with E-state index in [1.807, 2.05) is 0 Å². The van der Waals surface area contributed by atoms with Gasteiger partial charge in [0.2, 0.25) is 0 Å². The number of halogens is 6. The summed E-state index contributed by atoms with van der Waals surface area (Å²) in [7, 11) is 0. The van der Waals surface area contributed by atoms with E-state index in [2.05, 4.69) is 20.0 Å². The van der Waals surface area contributed by atoms with Crippen molar-refractivity contribution in [3.05, 3.63) is 46.7 Å². The van der Waals surface area contributed by atoms with Crippen LogP contribution in [0, 0.1) is 11.6 Å². The van der Waals surface area contributed by atoms with E-state index in [0.717, 1.165) is 6.07 Å². The highest BCUT2D eigenvalue weighted by Gasteiger charge is 2.11. The lowest BCUT2D eigenvalue weighted by Gasteiger charge is -2.09. The Morgan fingerprint density at radius 1 is 1.18 bits per heavy atom. The summed E-state index contributed by atoms with van der Waals surface area (Å²) in [6.45, 7) is -2.92. The van der Waals surface area contributed by atoms with E-state index in [0.29, 0.717) is 5.56 Å². The van der Waals surface area contributed by atoms with E-state index in [-0.39, 0.29) is 24.6 Å². The molecule has 0 fully saturated rings. The van der Waals surface area contributed by atoms with Gasteiger partial charge >= 0.3 is 12.6 Å². The minimum atomic E-state index is -3.01. The first kappa shape index (κ1) is 18.2. The average Bonchev–Trinajstić information content (AvgIpc) is 2.45. The van der Waals surface area contributed by atoms with Crippen LogP contribution in [-0.2, 0) is 6.54 Å². The number of nitrogens with zero attached hydrogens (tertiary/aromatic N) is 2. The van der Waals surface area contributed by atoms with Gasteiger partial charge in [0.15, 0.2) is 5.82 Å². The topological polar surface area (TPSA) is 47.0 Å². The maximum atomic E-state index is 13.6. The van der Waals surface area contributed by atoms with Crippen molar-refractivity contribution in [2.24, 2.45) is 0 Å². The Balaban J connectivity index is 0.00000242. The third-order valence-corrected chi connectivity index (χ3v) is 2.74. The van der Waals surface area contributed by atoms with Crippen LogP contribution in [-0.4, -0.2) is 16.6 Å². The standard InChI is InChI=1S/C12H8ClF4N3O.ClH/c13-9-7(14)1-2-8(10(9)15)18-3-6-4-19-12(20-5-6)21-11(16)17;/h1-2,4-5,11,18H,3H2;1H. The van der Waals surface area contributed by atoms with Crippen LogP contribution in [0.3, 0.4) is 0 Å². The van der Waals surface area contributed by atoms with Crippen molar-refractivity contribution in [1.82, 2.24) is 9.97 Å². The molecule has 0 aliphatic carbocycles. The summed E-state index contributed by atoms with van der Waals surface area (Å²) in [6.07, 6.45) is 2.47. The maximum absolute atomic E-state index is 13.6. The van der Waals surface area contributed by atoms with Crippen LogP contribution in [0.25, 0.3) is 0 Å². The molecule has 0 bridgehead atoms. The largest absolute Gasteiger partial charge is 0.401 e. The molecule has 2 rings (SSSR count). The van der Waals surface area contributed by atoms with Crippen molar-refractivity contribution in [2.45, 2.75) is 13.2 Å². The Labute approximate surface area is 133 Å². The first-order chi connectivity index (χ1) is 9.97. The van der Waals surface area contributed by atoms with Crippen molar-refractivity contribution in [3.63, 3.8) is 0 Å². The van der Waals surface area contributed by atoms with E-state index in [9.17, 15) is 17.6 Å². The fraction of sp³-hybridized carbons (Fsp3) is 0.167. The molecular weight excluding hydrogens is 349 g/mol. The quantitative estimate of drug-likeness (QED) is 0.647. The molecule has 22 heavy (non-hydrogen) atoms. The number of benzene rings is 1. The van der Waals surface area contributed by atoms with E-state index >= 15 is 0 Å². The number of anilines is 1. The molecule has 0 spiro atoms. The van der Waals surface area contributed by atoms with Gasteiger partial charge in [-0.1, -0.05) is 11.6 Å². The predicted molar refractivity (Wildman–Crippen MR) is 74.6 cm³/mol. The number of nitrogens with one attached hydrogen (secondary N) is 1. The maximum Gasteiger partial charge on any atom is 0.389 e. The SMILES string of the molecule is Cl.Fc1ccc(NCc2cnc(OC(F)F)nc2)c(F)c1Cl. The van der Waals surface area contributed by atoms with Gasteiger partial charge in [-0.3, -0.25) is 0 Å². The highest BCUT2D eigenvalue weighted by Crippen LogP contribution is 2.25. The number of aromatic nitrogens is 2. The van der Waals surface area contributed by atoms with Gasteiger partial charge in [0.05, 0.1) is 5.69 Å². The molecule has 2 aromatic rings. The summed E-state index contributed by atoms with van der Waals surface area (Å²) >= 11 is 5.43. The van der Waals surface area contributed by atoms with Crippen LogP contribution >= 0.6 is 24.0 Å². The van der Waals surface area contributed by atoms with Crippen LogP contribution in [0.15, 0.2) is 24.5 Å². The molecule has 0 saturated heterocycles. The zero-order valence-corrected chi connectivity index (χ0v) is 12.3. The van der Waals surface area contributed by atoms with Crippen LogP contribution in [0.4, 0.5) is 23.2 Å². The monoisotopic (exact) mass is 357 g/mol. The predicted octanol–water partition coefficient (Wildman–Crippen LogP) is 4.04. The lowest BCUT2D eigenvalue weighted by molar-refractivity contribution is -0.0561. The Hall–Kier alpha value is -1.80. The van der Waals surface area contributed by atoms with E-state index in [1.54, 1.807) is 0 Å². The zero-order valence-electron chi connectivity index (χ0n) is 10.7. The minimum absolute atomic E-state index is 0. The Morgan fingerprint density at radius 2 is 1.82 bits per heavy atom. The lowest BCUT2D eigenvalue weighted by Crippen LogP contribution is -2.07. The Bertz CT molecular complexity index is 629. The van der Waals surface area contributed by atoms with Crippen molar-refractivity contribution in [1.29, 1.82) is 0 Å². The van der Waals surface area contributed by atoms with Gasteiger partial charge in [-0.25, -0.2) is 18.7 Å².